The van der Waals surface area contributed by atoms with Crippen molar-refractivity contribution in [2.75, 3.05) is 0 Å². The first kappa shape index (κ1) is 13.1. The standard InChI is InChI=1S/C12H13BrFNO/c1-3-4-9-5-6-10(7-11(9)13)12(2,14)15-8-16/h5-7H,3-4H2,1-2H3. The summed E-state index contributed by atoms with van der Waals surface area (Å²) >= 11 is 3.38. The molecule has 0 amide bonds. The number of nitrogens with zero attached hydrogens (tertiary/aromatic N) is 1. The molecule has 0 aromatic heterocycles. The van der Waals surface area contributed by atoms with E-state index in [0.717, 1.165) is 22.9 Å². The van der Waals surface area contributed by atoms with Gasteiger partial charge in [0.25, 0.3) is 0 Å². The monoisotopic (exact) mass is 285 g/mol. The Hall–Kier alpha value is -0.990. The molecule has 0 spiro atoms. The van der Waals surface area contributed by atoms with E-state index in [1.165, 1.54) is 13.0 Å². The lowest BCUT2D eigenvalue weighted by Crippen LogP contribution is -2.11. The Balaban J connectivity index is 3.10. The molecule has 1 aromatic rings. The average molecular weight is 286 g/mol. The maximum absolute atomic E-state index is 13.9. The first-order valence-electron chi connectivity index (χ1n) is 5.08. The second-order valence-electron chi connectivity index (χ2n) is 3.71. The topological polar surface area (TPSA) is 29.4 Å². The lowest BCUT2D eigenvalue weighted by Gasteiger charge is -2.15. The minimum atomic E-state index is -2.00. The number of rotatable bonds is 4. The first-order valence-corrected chi connectivity index (χ1v) is 5.87. The van der Waals surface area contributed by atoms with E-state index in [1.54, 1.807) is 12.1 Å². The van der Waals surface area contributed by atoms with Crippen LogP contribution in [0.25, 0.3) is 0 Å². The predicted molar refractivity (Wildman–Crippen MR) is 64.7 cm³/mol. The van der Waals surface area contributed by atoms with Gasteiger partial charge in [-0.05, 0) is 25.0 Å². The van der Waals surface area contributed by atoms with E-state index in [4.69, 9.17) is 0 Å². The summed E-state index contributed by atoms with van der Waals surface area (Å²) in [6, 6.07) is 5.16. The summed E-state index contributed by atoms with van der Waals surface area (Å²) in [6.07, 6.45) is 3.21. The molecule has 1 unspecified atom stereocenters. The Bertz CT molecular complexity index is 425. The molecule has 0 heterocycles. The Morgan fingerprint density at radius 3 is 2.75 bits per heavy atom. The number of halogens is 2. The molecule has 86 valence electrons. The van der Waals surface area contributed by atoms with Crippen LogP contribution in [0.5, 0.6) is 0 Å². The van der Waals surface area contributed by atoms with Crippen molar-refractivity contribution < 1.29 is 9.18 Å². The lowest BCUT2D eigenvalue weighted by molar-refractivity contribution is 0.206. The summed E-state index contributed by atoms with van der Waals surface area (Å²) in [6.45, 7) is 3.31. The van der Waals surface area contributed by atoms with Gasteiger partial charge in [0.2, 0.25) is 11.9 Å². The summed E-state index contributed by atoms with van der Waals surface area (Å²) in [4.78, 5) is 13.3. The fourth-order valence-corrected chi connectivity index (χ4v) is 2.03. The number of isocyanates is 1. The molecule has 16 heavy (non-hydrogen) atoms. The van der Waals surface area contributed by atoms with Gasteiger partial charge < -0.3 is 0 Å². The van der Waals surface area contributed by atoms with Crippen molar-refractivity contribution in [3.05, 3.63) is 33.8 Å². The van der Waals surface area contributed by atoms with Crippen molar-refractivity contribution >= 4 is 22.0 Å². The average Bonchev–Trinajstić information content (AvgIpc) is 2.21. The van der Waals surface area contributed by atoms with Gasteiger partial charge in [-0.2, -0.15) is 4.99 Å². The van der Waals surface area contributed by atoms with Crippen LogP contribution in [-0.2, 0) is 17.0 Å². The zero-order valence-corrected chi connectivity index (χ0v) is 10.8. The van der Waals surface area contributed by atoms with Crippen molar-refractivity contribution in [1.82, 2.24) is 0 Å². The van der Waals surface area contributed by atoms with Crippen LogP contribution in [0.15, 0.2) is 27.7 Å². The Morgan fingerprint density at radius 2 is 2.25 bits per heavy atom. The van der Waals surface area contributed by atoms with Crippen molar-refractivity contribution in [1.29, 1.82) is 0 Å². The van der Waals surface area contributed by atoms with Gasteiger partial charge in [0.15, 0.2) is 0 Å². The van der Waals surface area contributed by atoms with E-state index in [1.807, 2.05) is 6.07 Å². The second-order valence-corrected chi connectivity index (χ2v) is 4.57. The van der Waals surface area contributed by atoms with Crippen LogP contribution >= 0.6 is 15.9 Å². The van der Waals surface area contributed by atoms with E-state index in [-0.39, 0.29) is 0 Å². The maximum atomic E-state index is 13.9. The molecule has 1 aromatic carbocycles. The summed E-state index contributed by atoms with van der Waals surface area (Å²) in [5.74, 6) is -2.00. The van der Waals surface area contributed by atoms with Gasteiger partial charge in [-0.1, -0.05) is 41.4 Å². The van der Waals surface area contributed by atoms with E-state index in [9.17, 15) is 9.18 Å². The molecular formula is C12H13BrFNO. The highest BCUT2D eigenvalue weighted by molar-refractivity contribution is 9.10. The minimum absolute atomic E-state index is 0.350. The van der Waals surface area contributed by atoms with E-state index >= 15 is 0 Å². The molecule has 0 saturated heterocycles. The molecule has 0 bridgehead atoms. The van der Waals surface area contributed by atoms with Crippen LogP contribution in [0, 0.1) is 0 Å². The van der Waals surface area contributed by atoms with Gasteiger partial charge in [-0.25, -0.2) is 9.18 Å². The molecule has 0 aliphatic carbocycles. The van der Waals surface area contributed by atoms with E-state index in [2.05, 4.69) is 27.8 Å². The van der Waals surface area contributed by atoms with Gasteiger partial charge in [0, 0.05) is 10.0 Å². The van der Waals surface area contributed by atoms with Crippen molar-refractivity contribution in [3.63, 3.8) is 0 Å². The maximum Gasteiger partial charge on any atom is 0.238 e. The van der Waals surface area contributed by atoms with Crippen LogP contribution in [0.4, 0.5) is 4.39 Å². The third-order valence-corrected chi connectivity index (χ3v) is 3.09. The number of hydrogen-bond donors (Lipinski definition) is 0. The quantitative estimate of drug-likeness (QED) is 0.469. The molecular weight excluding hydrogens is 273 g/mol. The third kappa shape index (κ3) is 3.00. The van der Waals surface area contributed by atoms with Crippen LogP contribution in [0.1, 0.15) is 31.4 Å². The molecule has 1 rings (SSSR count). The Kier molecular flexibility index (Phi) is 4.39. The smallest absolute Gasteiger partial charge is 0.212 e. The molecule has 0 fully saturated rings. The summed E-state index contributed by atoms with van der Waals surface area (Å²) < 4.78 is 14.7. The molecule has 0 aliphatic rings. The van der Waals surface area contributed by atoms with Gasteiger partial charge >= 0.3 is 0 Å². The van der Waals surface area contributed by atoms with Crippen LogP contribution < -0.4 is 0 Å². The molecule has 0 radical (unpaired) electrons. The van der Waals surface area contributed by atoms with E-state index < -0.39 is 5.79 Å². The molecule has 0 N–H and O–H groups in total. The fourth-order valence-electron chi connectivity index (χ4n) is 1.45. The Labute approximate surface area is 103 Å². The zero-order chi connectivity index (χ0) is 12.2. The number of hydrogen-bond acceptors (Lipinski definition) is 2. The van der Waals surface area contributed by atoms with Crippen molar-refractivity contribution in [2.45, 2.75) is 32.5 Å². The lowest BCUT2D eigenvalue weighted by atomic mass is 10.0. The predicted octanol–water partition coefficient (Wildman–Crippen LogP) is 3.88. The first-order chi connectivity index (χ1) is 7.51. The highest BCUT2D eigenvalue weighted by Gasteiger charge is 2.25. The van der Waals surface area contributed by atoms with Gasteiger partial charge in [0.1, 0.15) is 0 Å². The van der Waals surface area contributed by atoms with Crippen LogP contribution in [-0.4, -0.2) is 6.08 Å². The molecule has 0 aliphatic heterocycles. The summed E-state index contributed by atoms with van der Waals surface area (Å²) in [5, 5.41) is 0. The molecule has 4 heteroatoms. The normalized spacial score (nSPS) is 14.0. The van der Waals surface area contributed by atoms with Gasteiger partial charge in [-0.15, -0.1) is 0 Å². The molecule has 1 atom stereocenters. The Morgan fingerprint density at radius 1 is 1.56 bits per heavy atom. The van der Waals surface area contributed by atoms with E-state index in [0.29, 0.717) is 5.56 Å². The third-order valence-electron chi connectivity index (χ3n) is 2.35. The number of carbonyl (C=O) groups excluding carboxylic acids is 1. The minimum Gasteiger partial charge on any atom is -0.212 e. The molecule has 2 nitrogen and oxygen atoms in total. The summed E-state index contributed by atoms with van der Waals surface area (Å²) in [5.41, 5.74) is 1.47. The second kappa shape index (κ2) is 5.37. The van der Waals surface area contributed by atoms with Crippen LogP contribution in [0.3, 0.4) is 0 Å². The van der Waals surface area contributed by atoms with Gasteiger partial charge in [-0.3, -0.25) is 0 Å². The highest BCUT2D eigenvalue weighted by Crippen LogP contribution is 2.30. The van der Waals surface area contributed by atoms with Crippen molar-refractivity contribution in [2.24, 2.45) is 4.99 Å². The fraction of sp³-hybridized carbons (Fsp3) is 0.417. The van der Waals surface area contributed by atoms with Gasteiger partial charge in [0.05, 0.1) is 0 Å². The highest BCUT2D eigenvalue weighted by atomic mass is 79.9. The number of benzene rings is 1. The van der Waals surface area contributed by atoms with Crippen LogP contribution in [0.2, 0.25) is 0 Å². The number of aliphatic imine (C=N–C) groups is 1. The number of aryl methyl sites for hydroxylation is 1. The zero-order valence-electron chi connectivity index (χ0n) is 9.26. The summed E-state index contributed by atoms with van der Waals surface area (Å²) in [7, 11) is 0. The molecule has 0 saturated carbocycles. The SMILES string of the molecule is CCCc1ccc(C(C)(F)N=C=O)cc1Br. The van der Waals surface area contributed by atoms with Crippen molar-refractivity contribution in [3.8, 4) is 0 Å². The largest absolute Gasteiger partial charge is 0.238 e. The number of alkyl halides is 1.